The van der Waals surface area contributed by atoms with Gasteiger partial charge in [-0.3, -0.25) is 14.5 Å². The number of rotatable bonds is 3. The molecule has 4 rings (SSSR count). The van der Waals surface area contributed by atoms with E-state index in [0.717, 1.165) is 24.0 Å². The standard InChI is InChI=1S/C19H24N2O4S/c1-12-3-6-17(13(2)9-12)26(24,25)21-14-4-5-15(21)11-16(10-14)20-18(22)7-8-19(20)23/h3,6,9,14-16H,4-5,7-8,10-11H2,1-2H3. The number of sulfonamides is 1. The number of imide groups is 1. The molecule has 0 N–H and O–H groups in total. The summed E-state index contributed by atoms with van der Waals surface area (Å²) in [5, 5.41) is 0. The molecule has 3 saturated heterocycles. The van der Waals surface area contributed by atoms with E-state index < -0.39 is 10.0 Å². The molecule has 7 heteroatoms. The van der Waals surface area contributed by atoms with Crippen molar-refractivity contribution in [3.8, 4) is 0 Å². The Morgan fingerprint density at radius 1 is 0.923 bits per heavy atom. The van der Waals surface area contributed by atoms with Crippen LogP contribution in [-0.4, -0.2) is 47.6 Å². The Balaban J connectivity index is 1.62. The first kappa shape index (κ1) is 17.7. The summed E-state index contributed by atoms with van der Waals surface area (Å²) in [5.41, 5.74) is 1.80. The molecule has 0 aliphatic carbocycles. The Morgan fingerprint density at radius 3 is 2.04 bits per heavy atom. The van der Waals surface area contributed by atoms with Crippen molar-refractivity contribution < 1.29 is 18.0 Å². The minimum Gasteiger partial charge on any atom is -0.279 e. The van der Waals surface area contributed by atoms with Crippen molar-refractivity contribution in [3.05, 3.63) is 29.3 Å². The van der Waals surface area contributed by atoms with Crippen molar-refractivity contribution in [2.24, 2.45) is 0 Å². The number of likely N-dealkylation sites (tertiary alicyclic amines) is 1. The average Bonchev–Trinajstić information content (AvgIpc) is 3.04. The van der Waals surface area contributed by atoms with Crippen LogP contribution in [0.25, 0.3) is 0 Å². The van der Waals surface area contributed by atoms with E-state index in [1.807, 2.05) is 26.0 Å². The van der Waals surface area contributed by atoms with Crippen molar-refractivity contribution in [2.45, 2.75) is 75.4 Å². The van der Waals surface area contributed by atoms with Gasteiger partial charge in [0.1, 0.15) is 0 Å². The predicted molar refractivity (Wildman–Crippen MR) is 95.9 cm³/mol. The Hall–Kier alpha value is -1.73. The smallest absolute Gasteiger partial charge is 0.243 e. The highest BCUT2D eigenvalue weighted by atomic mass is 32.2. The lowest BCUT2D eigenvalue weighted by atomic mass is 9.98. The van der Waals surface area contributed by atoms with Crippen LogP contribution in [0.5, 0.6) is 0 Å². The van der Waals surface area contributed by atoms with Crippen LogP contribution in [0.2, 0.25) is 0 Å². The Labute approximate surface area is 154 Å². The third-order valence-electron chi connectivity index (χ3n) is 5.98. The average molecular weight is 376 g/mol. The third-order valence-corrected chi connectivity index (χ3v) is 8.15. The minimum absolute atomic E-state index is 0.106. The molecule has 6 nitrogen and oxygen atoms in total. The molecule has 1 aromatic rings. The number of aryl methyl sites for hydroxylation is 2. The van der Waals surface area contributed by atoms with Crippen LogP contribution in [0, 0.1) is 13.8 Å². The van der Waals surface area contributed by atoms with Gasteiger partial charge in [0.15, 0.2) is 0 Å². The van der Waals surface area contributed by atoms with E-state index in [-0.39, 0.29) is 42.8 Å². The summed E-state index contributed by atoms with van der Waals surface area (Å²) < 4.78 is 28.3. The molecule has 3 heterocycles. The van der Waals surface area contributed by atoms with E-state index >= 15 is 0 Å². The van der Waals surface area contributed by atoms with Gasteiger partial charge in [-0.1, -0.05) is 17.7 Å². The first-order valence-electron chi connectivity index (χ1n) is 9.24. The lowest BCUT2D eigenvalue weighted by Gasteiger charge is -2.40. The van der Waals surface area contributed by atoms with Crippen LogP contribution in [0.15, 0.2) is 23.1 Å². The van der Waals surface area contributed by atoms with Crippen molar-refractivity contribution >= 4 is 21.8 Å². The second-order valence-electron chi connectivity index (χ2n) is 7.77. The molecular weight excluding hydrogens is 352 g/mol. The van der Waals surface area contributed by atoms with Crippen LogP contribution >= 0.6 is 0 Å². The molecular formula is C19H24N2O4S. The zero-order chi connectivity index (χ0) is 18.6. The molecule has 26 heavy (non-hydrogen) atoms. The zero-order valence-electron chi connectivity index (χ0n) is 15.1. The van der Waals surface area contributed by atoms with Gasteiger partial charge in [-0.15, -0.1) is 0 Å². The van der Waals surface area contributed by atoms with Gasteiger partial charge in [-0.05, 0) is 51.2 Å². The Bertz CT molecular complexity index is 850. The fourth-order valence-corrected chi connectivity index (χ4v) is 7.01. The Kier molecular flexibility index (Phi) is 4.19. The maximum Gasteiger partial charge on any atom is 0.243 e. The van der Waals surface area contributed by atoms with E-state index in [4.69, 9.17) is 0 Å². The highest BCUT2D eigenvalue weighted by Gasteiger charge is 2.50. The number of carbonyl (C=O) groups is 2. The van der Waals surface area contributed by atoms with Gasteiger partial charge < -0.3 is 0 Å². The van der Waals surface area contributed by atoms with E-state index in [1.54, 1.807) is 10.4 Å². The van der Waals surface area contributed by atoms with Crippen LogP contribution in [0.4, 0.5) is 0 Å². The second-order valence-corrected chi connectivity index (χ2v) is 9.58. The second kappa shape index (κ2) is 6.16. The number of hydrogen-bond donors (Lipinski definition) is 0. The summed E-state index contributed by atoms with van der Waals surface area (Å²) in [4.78, 5) is 25.9. The summed E-state index contributed by atoms with van der Waals surface area (Å²) in [5.74, 6) is -0.213. The molecule has 140 valence electrons. The van der Waals surface area contributed by atoms with E-state index in [2.05, 4.69) is 0 Å². The topological polar surface area (TPSA) is 74.8 Å². The molecule has 0 saturated carbocycles. The summed E-state index contributed by atoms with van der Waals surface area (Å²) in [6.07, 6.45) is 3.27. The third kappa shape index (κ3) is 2.68. The lowest BCUT2D eigenvalue weighted by molar-refractivity contribution is -0.142. The number of piperidine rings is 1. The first-order valence-corrected chi connectivity index (χ1v) is 10.7. The van der Waals surface area contributed by atoms with Gasteiger partial charge in [0.2, 0.25) is 21.8 Å². The van der Waals surface area contributed by atoms with Gasteiger partial charge >= 0.3 is 0 Å². The van der Waals surface area contributed by atoms with Crippen LogP contribution < -0.4 is 0 Å². The molecule has 0 aromatic heterocycles. The fourth-order valence-electron chi connectivity index (χ4n) is 4.91. The molecule has 0 spiro atoms. The molecule has 3 aliphatic rings. The summed E-state index contributed by atoms with van der Waals surface area (Å²) in [7, 11) is -3.57. The van der Waals surface area contributed by atoms with Crippen LogP contribution in [-0.2, 0) is 19.6 Å². The summed E-state index contributed by atoms with van der Waals surface area (Å²) >= 11 is 0. The number of hydrogen-bond acceptors (Lipinski definition) is 4. The molecule has 0 radical (unpaired) electrons. The molecule has 2 atom stereocenters. The van der Waals surface area contributed by atoms with Crippen LogP contribution in [0.1, 0.15) is 49.7 Å². The SMILES string of the molecule is Cc1ccc(S(=O)(=O)N2C3CCC2CC(N2C(=O)CCC2=O)C3)c(C)c1. The lowest BCUT2D eigenvalue weighted by Crippen LogP contribution is -2.53. The van der Waals surface area contributed by atoms with Gasteiger partial charge in [-0.2, -0.15) is 4.31 Å². The molecule has 2 amide bonds. The van der Waals surface area contributed by atoms with E-state index in [1.165, 1.54) is 4.90 Å². The first-order chi connectivity index (χ1) is 12.3. The number of benzene rings is 1. The van der Waals surface area contributed by atoms with E-state index in [9.17, 15) is 18.0 Å². The zero-order valence-corrected chi connectivity index (χ0v) is 16.0. The fraction of sp³-hybridized carbons (Fsp3) is 0.579. The molecule has 1 aromatic carbocycles. The van der Waals surface area contributed by atoms with Gasteiger partial charge in [0.05, 0.1) is 4.90 Å². The highest BCUT2D eigenvalue weighted by Crippen LogP contribution is 2.42. The van der Waals surface area contributed by atoms with Gasteiger partial charge in [0, 0.05) is 31.0 Å². The largest absolute Gasteiger partial charge is 0.279 e. The normalized spacial score (nSPS) is 29.6. The van der Waals surface area contributed by atoms with Gasteiger partial charge in [-0.25, -0.2) is 8.42 Å². The molecule has 2 unspecified atom stereocenters. The number of fused-ring (bicyclic) bond motifs is 2. The summed E-state index contributed by atoms with van der Waals surface area (Å²) in [6.45, 7) is 3.78. The number of nitrogens with zero attached hydrogens (tertiary/aromatic N) is 2. The van der Waals surface area contributed by atoms with Gasteiger partial charge in [0.25, 0.3) is 0 Å². The van der Waals surface area contributed by atoms with Crippen molar-refractivity contribution in [3.63, 3.8) is 0 Å². The molecule has 3 fully saturated rings. The highest BCUT2D eigenvalue weighted by molar-refractivity contribution is 7.89. The van der Waals surface area contributed by atoms with E-state index in [0.29, 0.717) is 17.7 Å². The molecule has 2 bridgehead atoms. The molecule has 3 aliphatic heterocycles. The number of carbonyl (C=O) groups excluding carboxylic acids is 2. The van der Waals surface area contributed by atoms with Crippen LogP contribution in [0.3, 0.4) is 0 Å². The Morgan fingerprint density at radius 2 is 1.50 bits per heavy atom. The number of amides is 2. The van der Waals surface area contributed by atoms with Crippen molar-refractivity contribution in [2.75, 3.05) is 0 Å². The summed E-state index contributed by atoms with van der Waals surface area (Å²) in [6, 6.07) is 5.00. The van der Waals surface area contributed by atoms with Crippen molar-refractivity contribution in [1.82, 2.24) is 9.21 Å². The monoisotopic (exact) mass is 376 g/mol. The quantitative estimate of drug-likeness (QED) is 0.758. The van der Waals surface area contributed by atoms with Crippen molar-refractivity contribution in [1.29, 1.82) is 0 Å². The maximum absolute atomic E-state index is 13.3. The maximum atomic E-state index is 13.3. The predicted octanol–water partition coefficient (Wildman–Crippen LogP) is 2.14. The minimum atomic E-state index is -3.57.